The highest BCUT2D eigenvalue weighted by Gasteiger charge is 2.39. The molecule has 0 radical (unpaired) electrons. The Labute approximate surface area is 221 Å². The van der Waals surface area contributed by atoms with Crippen LogP contribution in [0.5, 0.6) is 0 Å². The third-order valence-electron chi connectivity index (χ3n) is 7.30. The van der Waals surface area contributed by atoms with Crippen LogP contribution in [0, 0.1) is 0 Å². The summed E-state index contributed by atoms with van der Waals surface area (Å²) in [6.45, 7) is 4.90. The number of rotatable bonds is 5. The summed E-state index contributed by atoms with van der Waals surface area (Å²) in [5, 5.41) is 26.2. The molecule has 0 unspecified atom stereocenters. The number of anilines is 1. The van der Waals surface area contributed by atoms with E-state index in [0.717, 1.165) is 22.0 Å². The molecule has 2 fully saturated rings. The van der Waals surface area contributed by atoms with Gasteiger partial charge in [0.2, 0.25) is 5.95 Å². The summed E-state index contributed by atoms with van der Waals surface area (Å²) < 4.78 is 29.4. The molecule has 2 saturated heterocycles. The van der Waals surface area contributed by atoms with Gasteiger partial charge in [-0.1, -0.05) is 31.5 Å². The second-order valence-electron chi connectivity index (χ2n) is 10.2. The van der Waals surface area contributed by atoms with Gasteiger partial charge in [-0.25, -0.2) is 18.4 Å². The van der Waals surface area contributed by atoms with Gasteiger partial charge in [-0.2, -0.15) is 0 Å². The zero-order chi connectivity index (χ0) is 26.4. The van der Waals surface area contributed by atoms with Gasteiger partial charge >= 0.3 is 0 Å². The van der Waals surface area contributed by atoms with Crippen molar-refractivity contribution in [2.75, 3.05) is 30.0 Å². The smallest absolute Gasteiger partial charge is 0.223 e. The van der Waals surface area contributed by atoms with Crippen molar-refractivity contribution < 1.29 is 23.4 Å². The second kappa shape index (κ2) is 10.1. The van der Waals surface area contributed by atoms with Crippen molar-refractivity contribution >= 4 is 38.3 Å². The highest BCUT2D eigenvalue weighted by molar-refractivity contribution is 7.91. The molecule has 11 heteroatoms. The Balaban J connectivity index is 1.56. The van der Waals surface area contributed by atoms with Crippen molar-refractivity contribution in [2.45, 2.75) is 56.8 Å². The van der Waals surface area contributed by atoms with E-state index in [-0.39, 0.29) is 42.9 Å². The fraction of sp³-hybridized carbons (Fsp3) is 0.500. The van der Waals surface area contributed by atoms with Gasteiger partial charge in [0.15, 0.2) is 9.84 Å². The molecule has 9 nitrogen and oxygen atoms in total. The first-order chi connectivity index (χ1) is 17.6. The molecule has 0 spiro atoms. The molecule has 3 aromatic rings. The second-order valence-corrected chi connectivity index (χ2v) is 12.9. The van der Waals surface area contributed by atoms with Gasteiger partial charge in [0.1, 0.15) is 0 Å². The van der Waals surface area contributed by atoms with Crippen LogP contribution in [0.3, 0.4) is 0 Å². The zero-order valence-electron chi connectivity index (χ0n) is 20.8. The highest BCUT2D eigenvalue weighted by Crippen LogP contribution is 2.41. The van der Waals surface area contributed by atoms with E-state index in [9.17, 15) is 18.6 Å². The summed E-state index contributed by atoms with van der Waals surface area (Å²) in [4.78, 5) is 13.6. The first-order valence-electron chi connectivity index (χ1n) is 12.5. The van der Waals surface area contributed by atoms with Crippen LogP contribution in [0.2, 0.25) is 5.02 Å². The van der Waals surface area contributed by atoms with E-state index in [1.54, 1.807) is 6.20 Å². The minimum Gasteiger partial charge on any atom is -0.389 e. The summed E-state index contributed by atoms with van der Waals surface area (Å²) in [6.07, 6.45) is 3.49. The monoisotopic (exact) mass is 546 g/mol. The van der Waals surface area contributed by atoms with Crippen LogP contribution < -0.4 is 5.32 Å². The molecule has 0 amide bonds. The van der Waals surface area contributed by atoms with Crippen LogP contribution in [0.1, 0.15) is 50.2 Å². The first-order valence-corrected chi connectivity index (χ1v) is 14.7. The molecule has 198 valence electrons. The number of aliphatic hydroxyl groups is 2. The molecular formula is C26H31ClN4O5S. The van der Waals surface area contributed by atoms with E-state index < -0.39 is 21.5 Å². The predicted molar refractivity (Wildman–Crippen MR) is 143 cm³/mol. The van der Waals surface area contributed by atoms with Crippen LogP contribution in [0.4, 0.5) is 5.95 Å². The lowest BCUT2D eigenvalue weighted by molar-refractivity contribution is -0.0136. The van der Waals surface area contributed by atoms with Crippen LogP contribution in [-0.4, -0.2) is 70.4 Å². The molecule has 2 aromatic heterocycles. The van der Waals surface area contributed by atoms with E-state index in [0.29, 0.717) is 35.3 Å². The maximum Gasteiger partial charge on any atom is 0.223 e. The van der Waals surface area contributed by atoms with Crippen LogP contribution >= 0.6 is 11.6 Å². The topological polar surface area (TPSA) is 135 Å². The van der Waals surface area contributed by atoms with Crippen LogP contribution in [0.25, 0.3) is 22.2 Å². The lowest BCUT2D eigenvalue weighted by atomic mass is 9.81. The number of halogens is 1. The number of aliphatic hydroxyl groups excluding tert-OH is 1. The molecule has 0 aliphatic carbocycles. The van der Waals surface area contributed by atoms with Crippen molar-refractivity contribution in [2.24, 2.45) is 0 Å². The van der Waals surface area contributed by atoms with Gasteiger partial charge < -0.3 is 20.3 Å². The quantitative estimate of drug-likeness (QED) is 0.440. The fourth-order valence-electron chi connectivity index (χ4n) is 5.19. The van der Waals surface area contributed by atoms with Gasteiger partial charge in [0.05, 0.1) is 58.3 Å². The lowest BCUT2D eigenvalue weighted by Gasteiger charge is -2.35. The van der Waals surface area contributed by atoms with E-state index in [1.165, 1.54) is 6.20 Å². The minimum atomic E-state index is -3.14. The Morgan fingerprint density at radius 3 is 2.65 bits per heavy atom. The van der Waals surface area contributed by atoms with Gasteiger partial charge in [-0.15, -0.1) is 0 Å². The third-order valence-corrected chi connectivity index (χ3v) is 9.23. The van der Waals surface area contributed by atoms with Gasteiger partial charge in [-0.05, 0) is 42.9 Å². The molecule has 0 bridgehead atoms. The summed E-state index contributed by atoms with van der Waals surface area (Å²) in [5.41, 5.74) is 2.40. The predicted octanol–water partition coefficient (Wildman–Crippen LogP) is 3.43. The normalized spacial score (nSPS) is 23.3. The minimum absolute atomic E-state index is 0.0476. The lowest BCUT2D eigenvalue weighted by Crippen LogP contribution is -2.42. The first kappa shape index (κ1) is 26.2. The van der Waals surface area contributed by atoms with Crippen molar-refractivity contribution in [3.05, 3.63) is 46.7 Å². The third kappa shape index (κ3) is 5.31. The Bertz CT molecular complexity index is 1420. The number of nitrogens with one attached hydrogen (secondary N) is 1. The zero-order valence-corrected chi connectivity index (χ0v) is 22.4. The molecule has 5 rings (SSSR count). The number of benzene rings is 1. The number of aromatic nitrogens is 3. The maximum atomic E-state index is 12.0. The molecular weight excluding hydrogens is 516 g/mol. The number of ether oxygens (including phenoxy) is 1. The molecule has 37 heavy (non-hydrogen) atoms. The Morgan fingerprint density at radius 1 is 1.19 bits per heavy atom. The summed E-state index contributed by atoms with van der Waals surface area (Å²) >= 11 is 6.52. The number of hydrogen-bond acceptors (Lipinski definition) is 9. The van der Waals surface area contributed by atoms with Gasteiger partial charge in [0, 0.05) is 29.3 Å². The Morgan fingerprint density at radius 2 is 1.95 bits per heavy atom. The number of fused-ring (bicyclic) bond motifs is 1. The number of sulfone groups is 1. The van der Waals surface area contributed by atoms with E-state index >= 15 is 0 Å². The van der Waals surface area contributed by atoms with Crippen molar-refractivity contribution in [3.63, 3.8) is 0 Å². The molecule has 2 aliphatic heterocycles. The van der Waals surface area contributed by atoms with Crippen LogP contribution in [-0.2, 0) is 20.2 Å². The summed E-state index contributed by atoms with van der Waals surface area (Å²) in [7, 11) is -3.14. The van der Waals surface area contributed by atoms with Crippen LogP contribution in [0.15, 0.2) is 30.6 Å². The average Bonchev–Trinajstić information content (AvgIpc) is 2.87. The number of hydrogen-bond donors (Lipinski definition) is 3. The fourth-order valence-corrected chi connectivity index (χ4v) is 6.90. The number of pyridine rings is 1. The average molecular weight is 547 g/mol. The van der Waals surface area contributed by atoms with E-state index in [2.05, 4.69) is 20.3 Å². The Kier molecular flexibility index (Phi) is 7.14. The standard InChI is InChI=1S/C26H31ClN4O5S/c1-15(2)23-17-11-16(24-19(27)13-29-25(31-24)30-21-5-8-36-14-22(21)32)3-4-20(17)28-12-18(23)26(33)6-9-37(34,35)10-7-26/h3-4,11-13,15,21-22,32-33H,5-10,14H2,1-2H3,(H,29,30,31)/t21-,22-/m1/s1. The van der Waals surface area contributed by atoms with Gasteiger partial charge in [0.25, 0.3) is 0 Å². The molecule has 0 saturated carbocycles. The van der Waals surface area contributed by atoms with Crippen molar-refractivity contribution in [1.82, 2.24) is 15.0 Å². The van der Waals surface area contributed by atoms with E-state index in [1.807, 2.05) is 32.0 Å². The molecule has 2 atom stereocenters. The maximum absolute atomic E-state index is 12.0. The molecule has 4 heterocycles. The molecule has 3 N–H and O–H groups in total. The van der Waals surface area contributed by atoms with E-state index in [4.69, 9.17) is 16.3 Å². The summed E-state index contributed by atoms with van der Waals surface area (Å²) in [5.74, 6) is 0.311. The summed E-state index contributed by atoms with van der Waals surface area (Å²) in [6, 6.07) is 5.52. The SMILES string of the molecule is CC(C)c1c(C2(O)CCS(=O)(=O)CC2)cnc2ccc(-c3nc(N[C@@H]4CCOC[C@H]4O)ncc3Cl)cc12. The molecule has 1 aromatic carbocycles. The Hall–Kier alpha value is -2.37. The number of nitrogens with zero attached hydrogens (tertiary/aromatic N) is 3. The van der Waals surface area contributed by atoms with Crippen molar-refractivity contribution in [3.8, 4) is 11.3 Å². The molecule has 2 aliphatic rings. The highest BCUT2D eigenvalue weighted by atomic mass is 35.5. The largest absolute Gasteiger partial charge is 0.389 e. The van der Waals surface area contributed by atoms with Gasteiger partial charge in [-0.3, -0.25) is 4.98 Å². The van der Waals surface area contributed by atoms with Crippen molar-refractivity contribution in [1.29, 1.82) is 0 Å².